The minimum absolute atomic E-state index is 0.124. The van der Waals surface area contributed by atoms with Crippen molar-refractivity contribution >= 4 is 35.0 Å². The number of carbonyl (C=O) groups excluding carboxylic acids is 1. The van der Waals surface area contributed by atoms with Gasteiger partial charge in [-0.15, -0.1) is 0 Å². The van der Waals surface area contributed by atoms with Crippen LogP contribution in [0.1, 0.15) is 18.1 Å². The minimum atomic E-state index is -0.248. The number of anilines is 1. The van der Waals surface area contributed by atoms with Gasteiger partial charge >= 0.3 is 0 Å². The van der Waals surface area contributed by atoms with E-state index in [2.05, 4.69) is 5.10 Å². The van der Waals surface area contributed by atoms with Crippen molar-refractivity contribution in [1.29, 1.82) is 0 Å². The molecule has 3 aromatic carbocycles. The summed E-state index contributed by atoms with van der Waals surface area (Å²) in [5.74, 6) is -0.108. The Morgan fingerprint density at radius 3 is 2.40 bits per heavy atom. The number of halogens is 1. The first-order chi connectivity index (χ1) is 14.6. The molecule has 4 rings (SSSR count). The molecule has 0 aliphatic carbocycles. The van der Waals surface area contributed by atoms with Crippen molar-refractivity contribution in [2.24, 2.45) is 5.10 Å². The van der Waals surface area contributed by atoms with E-state index >= 15 is 0 Å². The van der Waals surface area contributed by atoms with Crippen molar-refractivity contribution < 1.29 is 14.6 Å². The number of aromatic hydroxyl groups is 1. The highest BCUT2D eigenvalue weighted by molar-refractivity contribution is 6.37. The first kappa shape index (κ1) is 19.7. The summed E-state index contributed by atoms with van der Waals surface area (Å²) in [5.41, 5.74) is 3.12. The predicted molar refractivity (Wildman–Crippen MR) is 119 cm³/mol. The van der Waals surface area contributed by atoms with E-state index in [1.165, 1.54) is 5.01 Å². The quantitative estimate of drug-likeness (QED) is 0.573. The molecule has 1 aliphatic rings. The summed E-state index contributed by atoms with van der Waals surface area (Å²) in [6.45, 7) is 2.19. The van der Waals surface area contributed by atoms with E-state index in [0.717, 1.165) is 5.56 Å². The van der Waals surface area contributed by atoms with Gasteiger partial charge in [-0.05, 0) is 42.8 Å². The number of hydrazone groups is 1. The lowest BCUT2D eigenvalue weighted by atomic mass is 10.00. The summed E-state index contributed by atoms with van der Waals surface area (Å²) in [6.07, 6.45) is 1.71. The molecule has 30 heavy (non-hydrogen) atoms. The van der Waals surface area contributed by atoms with Crippen LogP contribution in [-0.2, 0) is 4.79 Å². The Hall–Kier alpha value is -3.57. The highest BCUT2D eigenvalue weighted by atomic mass is 35.5. The third kappa shape index (κ3) is 3.80. The van der Waals surface area contributed by atoms with E-state index in [9.17, 15) is 9.90 Å². The Morgan fingerprint density at radius 2 is 1.73 bits per heavy atom. The van der Waals surface area contributed by atoms with Crippen LogP contribution in [0, 0.1) is 0 Å². The molecule has 0 saturated heterocycles. The number of ether oxygens (including phenoxy) is 1. The number of hydrogen-bond donors (Lipinski definition) is 1. The lowest BCUT2D eigenvalue weighted by Crippen LogP contribution is -2.21. The number of nitrogens with zero attached hydrogens (tertiary/aromatic N) is 2. The Kier molecular flexibility index (Phi) is 5.55. The van der Waals surface area contributed by atoms with Crippen LogP contribution in [0.25, 0.3) is 6.08 Å². The molecule has 0 atom stereocenters. The van der Waals surface area contributed by atoms with E-state index in [4.69, 9.17) is 16.3 Å². The summed E-state index contributed by atoms with van der Waals surface area (Å²) in [4.78, 5) is 13.3. The fraction of sp³-hybridized carbons (Fsp3) is 0.0833. The van der Waals surface area contributed by atoms with Gasteiger partial charge in [-0.2, -0.15) is 10.1 Å². The van der Waals surface area contributed by atoms with Crippen LogP contribution in [0.5, 0.6) is 11.5 Å². The monoisotopic (exact) mass is 418 g/mol. The average Bonchev–Trinajstić information content (AvgIpc) is 3.09. The second-order valence-corrected chi connectivity index (χ2v) is 7.01. The summed E-state index contributed by atoms with van der Waals surface area (Å²) < 4.78 is 5.46. The molecular weight excluding hydrogens is 400 g/mol. The molecule has 0 radical (unpaired) electrons. The third-order valence-electron chi connectivity index (χ3n) is 4.59. The summed E-state index contributed by atoms with van der Waals surface area (Å²) >= 11 is 6.17. The Bertz CT molecular complexity index is 1140. The highest BCUT2D eigenvalue weighted by Crippen LogP contribution is 2.36. The maximum absolute atomic E-state index is 13.3. The average molecular weight is 419 g/mol. The topological polar surface area (TPSA) is 62.1 Å². The zero-order valence-corrected chi connectivity index (χ0v) is 17.0. The van der Waals surface area contributed by atoms with Gasteiger partial charge in [0.2, 0.25) is 0 Å². The maximum Gasteiger partial charge on any atom is 0.281 e. The van der Waals surface area contributed by atoms with Gasteiger partial charge in [-0.1, -0.05) is 60.1 Å². The van der Waals surface area contributed by atoms with Crippen molar-refractivity contribution in [3.05, 3.63) is 94.5 Å². The maximum atomic E-state index is 13.3. The molecule has 0 fully saturated rings. The van der Waals surface area contributed by atoms with Crippen LogP contribution in [-0.4, -0.2) is 23.3 Å². The predicted octanol–water partition coefficient (Wildman–Crippen LogP) is 5.28. The van der Waals surface area contributed by atoms with Crippen LogP contribution >= 0.6 is 11.6 Å². The molecule has 1 N–H and O–H groups in total. The highest BCUT2D eigenvalue weighted by Gasteiger charge is 2.32. The first-order valence-electron chi connectivity index (χ1n) is 9.49. The van der Waals surface area contributed by atoms with Gasteiger partial charge in [-0.3, -0.25) is 4.79 Å². The van der Waals surface area contributed by atoms with Gasteiger partial charge in [0.15, 0.2) is 11.5 Å². The normalized spacial score (nSPS) is 14.9. The number of hydrogen-bond acceptors (Lipinski definition) is 4. The summed E-state index contributed by atoms with van der Waals surface area (Å²) in [5, 5.41) is 16.3. The second-order valence-electron chi connectivity index (χ2n) is 6.61. The minimum Gasteiger partial charge on any atom is -0.503 e. The second kappa shape index (κ2) is 8.43. The van der Waals surface area contributed by atoms with E-state index in [0.29, 0.717) is 29.1 Å². The van der Waals surface area contributed by atoms with Gasteiger partial charge in [0.25, 0.3) is 5.91 Å². The molecule has 1 amide bonds. The number of amides is 1. The van der Waals surface area contributed by atoms with Crippen LogP contribution < -0.4 is 9.75 Å². The van der Waals surface area contributed by atoms with Crippen molar-refractivity contribution in [3.8, 4) is 11.5 Å². The number of rotatable bonds is 5. The number of carbonyl (C=O) groups is 1. The molecule has 3 aromatic rings. The lowest BCUT2D eigenvalue weighted by Gasteiger charge is -2.11. The van der Waals surface area contributed by atoms with Gasteiger partial charge in [-0.25, -0.2) is 0 Å². The fourth-order valence-corrected chi connectivity index (χ4v) is 3.43. The van der Waals surface area contributed by atoms with Crippen molar-refractivity contribution in [2.45, 2.75) is 6.92 Å². The zero-order valence-electron chi connectivity index (χ0n) is 16.2. The molecule has 0 aromatic heterocycles. The van der Waals surface area contributed by atoms with Crippen LogP contribution in [0.2, 0.25) is 5.02 Å². The van der Waals surface area contributed by atoms with Crippen LogP contribution in [0.4, 0.5) is 5.69 Å². The van der Waals surface area contributed by atoms with Crippen molar-refractivity contribution in [1.82, 2.24) is 0 Å². The van der Waals surface area contributed by atoms with Gasteiger partial charge in [0.1, 0.15) is 5.71 Å². The Morgan fingerprint density at radius 1 is 1.07 bits per heavy atom. The van der Waals surface area contributed by atoms with E-state index < -0.39 is 0 Å². The number of phenolic OH excluding ortho intramolecular Hbond substituents is 1. The van der Waals surface area contributed by atoms with E-state index in [1.807, 2.05) is 67.6 Å². The van der Waals surface area contributed by atoms with Crippen molar-refractivity contribution in [3.63, 3.8) is 0 Å². The summed E-state index contributed by atoms with van der Waals surface area (Å²) in [6, 6.07) is 22.0. The Labute approximate surface area is 179 Å². The van der Waals surface area contributed by atoms with Gasteiger partial charge < -0.3 is 9.84 Å². The molecule has 6 heteroatoms. The lowest BCUT2D eigenvalue weighted by molar-refractivity contribution is -0.114. The summed E-state index contributed by atoms with van der Waals surface area (Å²) in [7, 11) is 0. The van der Waals surface area contributed by atoms with E-state index in [1.54, 1.807) is 18.2 Å². The third-order valence-corrected chi connectivity index (χ3v) is 4.88. The van der Waals surface area contributed by atoms with E-state index in [-0.39, 0.29) is 22.4 Å². The molecule has 0 unspecified atom stereocenters. The smallest absolute Gasteiger partial charge is 0.281 e. The molecule has 0 spiro atoms. The molecule has 1 heterocycles. The van der Waals surface area contributed by atoms with Gasteiger partial charge in [0.05, 0.1) is 22.9 Å². The molecule has 0 saturated carbocycles. The number of para-hydroxylation sites is 1. The number of benzene rings is 3. The molecule has 5 nitrogen and oxygen atoms in total. The molecular formula is C24H19ClN2O3. The number of phenols is 1. The molecule has 150 valence electrons. The standard InChI is InChI=1S/C24H19ClN2O3/c1-2-30-21-15-16(14-20(25)23(21)28)13-19-22(17-9-5-3-6-10-17)26-27(24(19)29)18-11-7-4-8-12-18/h3-15,28H,2H2,1H3/b19-13-. The fourth-order valence-electron chi connectivity index (χ4n) is 3.21. The largest absolute Gasteiger partial charge is 0.503 e. The molecule has 1 aliphatic heterocycles. The van der Waals surface area contributed by atoms with Crippen LogP contribution in [0.15, 0.2) is 83.5 Å². The van der Waals surface area contributed by atoms with Crippen LogP contribution in [0.3, 0.4) is 0 Å². The van der Waals surface area contributed by atoms with Gasteiger partial charge in [0, 0.05) is 5.56 Å². The first-order valence-corrected chi connectivity index (χ1v) is 9.87. The Balaban J connectivity index is 1.83. The molecule has 0 bridgehead atoms. The SMILES string of the molecule is CCOc1cc(/C=C2\C(=O)N(c3ccccc3)N=C2c2ccccc2)cc(Cl)c1O. The zero-order chi connectivity index (χ0) is 21.1. The van der Waals surface area contributed by atoms with Crippen molar-refractivity contribution in [2.75, 3.05) is 11.6 Å².